The van der Waals surface area contributed by atoms with E-state index in [4.69, 9.17) is 23.2 Å². The van der Waals surface area contributed by atoms with Crippen molar-refractivity contribution in [1.29, 1.82) is 0 Å². The number of halogens is 2. The quantitative estimate of drug-likeness (QED) is 0.291. The number of hydrogen-bond acceptors (Lipinski definition) is 4. The average Bonchev–Trinajstić information content (AvgIpc) is 2.91. The molecular weight excluding hydrogens is 569 g/mol. The Morgan fingerprint density at radius 2 is 1.55 bits per heavy atom. The lowest BCUT2D eigenvalue weighted by molar-refractivity contribution is -0.140. The van der Waals surface area contributed by atoms with Crippen molar-refractivity contribution in [2.75, 3.05) is 17.1 Å². The molecule has 0 aliphatic carbocycles. The molecule has 0 saturated heterocycles. The SMILES string of the molecule is CC[C@@H](C)NC(=O)[C@H](Cc1ccccc1)N(Cc1ccccc1Cl)C(=O)CN(c1cccc(Cl)c1C)S(C)(=O)=O. The molecule has 40 heavy (non-hydrogen) atoms. The van der Waals surface area contributed by atoms with Crippen LogP contribution in [0.2, 0.25) is 10.0 Å². The third kappa shape index (κ3) is 8.22. The highest BCUT2D eigenvalue weighted by molar-refractivity contribution is 7.92. The van der Waals surface area contributed by atoms with Gasteiger partial charge in [-0.1, -0.05) is 84.7 Å². The molecule has 0 radical (unpaired) electrons. The summed E-state index contributed by atoms with van der Waals surface area (Å²) in [5.41, 5.74) is 2.31. The molecule has 0 spiro atoms. The van der Waals surface area contributed by atoms with E-state index in [9.17, 15) is 18.0 Å². The van der Waals surface area contributed by atoms with Crippen molar-refractivity contribution >= 4 is 50.7 Å². The Balaban J connectivity index is 2.10. The maximum absolute atomic E-state index is 14.1. The molecule has 0 heterocycles. The summed E-state index contributed by atoms with van der Waals surface area (Å²) in [4.78, 5) is 29.3. The van der Waals surface area contributed by atoms with Gasteiger partial charge in [0.05, 0.1) is 11.9 Å². The second-order valence-electron chi connectivity index (χ2n) is 9.79. The summed E-state index contributed by atoms with van der Waals surface area (Å²) in [6.45, 7) is 5.04. The Morgan fingerprint density at radius 3 is 2.17 bits per heavy atom. The van der Waals surface area contributed by atoms with Crippen LogP contribution in [0.1, 0.15) is 37.0 Å². The van der Waals surface area contributed by atoms with Crippen LogP contribution in [0.4, 0.5) is 5.69 Å². The predicted octanol–water partition coefficient (Wildman–Crippen LogP) is 5.62. The van der Waals surface area contributed by atoms with Crippen molar-refractivity contribution in [1.82, 2.24) is 10.2 Å². The number of amides is 2. The first-order chi connectivity index (χ1) is 18.9. The standard InChI is InChI=1S/C30H35Cl2N3O4S/c1-5-21(2)33-30(37)28(18-23-12-7-6-8-13-23)34(19-24-14-9-10-15-26(24)32)29(36)20-35(40(4,38)39)27-17-11-16-25(31)22(27)3/h6-17,21,28H,5,18-20H2,1-4H3,(H,33,37)/t21-,28+/m1/s1. The minimum absolute atomic E-state index is 0.00998. The molecule has 7 nitrogen and oxygen atoms in total. The zero-order chi connectivity index (χ0) is 29.4. The zero-order valence-corrected chi connectivity index (χ0v) is 25.4. The van der Waals surface area contributed by atoms with Gasteiger partial charge in [0.1, 0.15) is 12.6 Å². The van der Waals surface area contributed by atoms with E-state index in [1.807, 2.05) is 44.2 Å². The number of nitrogens with one attached hydrogen (secondary N) is 1. The molecule has 0 aliphatic heterocycles. The second kappa shape index (κ2) is 14.0. The normalized spacial score (nSPS) is 12.8. The van der Waals surface area contributed by atoms with Crippen molar-refractivity contribution < 1.29 is 18.0 Å². The number of carbonyl (C=O) groups excluding carboxylic acids is 2. The summed E-state index contributed by atoms with van der Waals surface area (Å²) in [5, 5.41) is 3.82. The van der Waals surface area contributed by atoms with Gasteiger partial charge in [-0.2, -0.15) is 0 Å². The first-order valence-corrected chi connectivity index (χ1v) is 15.6. The van der Waals surface area contributed by atoms with E-state index >= 15 is 0 Å². The van der Waals surface area contributed by atoms with Gasteiger partial charge in [-0.15, -0.1) is 0 Å². The molecule has 0 aromatic heterocycles. The first-order valence-electron chi connectivity index (χ1n) is 13.0. The van der Waals surface area contributed by atoms with E-state index in [1.165, 1.54) is 4.90 Å². The second-order valence-corrected chi connectivity index (χ2v) is 12.5. The van der Waals surface area contributed by atoms with Gasteiger partial charge in [0.2, 0.25) is 21.8 Å². The van der Waals surface area contributed by atoms with Crippen LogP contribution in [0.25, 0.3) is 0 Å². The van der Waals surface area contributed by atoms with E-state index < -0.39 is 28.5 Å². The summed E-state index contributed by atoms with van der Waals surface area (Å²) in [6, 6.07) is 20.3. The lowest BCUT2D eigenvalue weighted by atomic mass is 10.0. The molecule has 3 aromatic rings. The summed E-state index contributed by atoms with van der Waals surface area (Å²) in [5.74, 6) is -0.881. The Kier molecular flexibility index (Phi) is 11.0. The van der Waals surface area contributed by atoms with Crippen LogP contribution in [0.15, 0.2) is 72.8 Å². The monoisotopic (exact) mass is 603 g/mol. The Hall–Kier alpha value is -3.07. The Bertz CT molecular complexity index is 1430. The van der Waals surface area contributed by atoms with Crippen LogP contribution in [-0.4, -0.2) is 50.0 Å². The van der Waals surface area contributed by atoms with Gasteiger partial charge >= 0.3 is 0 Å². The molecule has 214 valence electrons. The number of anilines is 1. The Morgan fingerprint density at radius 1 is 0.925 bits per heavy atom. The minimum atomic E-state index is -3.89. The van der Waals surface area contributed by atoms with Crippen molar-refractivity contribution in [3.05, 3.63) is 99.5 Å². The highest BCUT2D eigenvalue weighted by Crippen LogP contribution is 2.29. The predicted molar refractivity (Wildman–Crippen MR) is 162 cm³/mol. The van der Waals surface area contributed by atoms with Gasteiger partial charge in [0, 0.05) is 29.1 Å². The molecule has 0 saturated carbocycles. The van der Waals surface area contributed by atoms with Gasteiger partial charge < -0.3 is 10.2 Å². The van der Waals surface area contributed by atoms with E-state index in [2.05, 4.69) is 5.32 Å². The highest BCUT2D eigenvalue weighted by atomic mass is 35.5. The van der Waals surface area contributed by atoms with Gasteiger partial charge in [0.25, 0.3) is 0 Å². The van der Waals surface area contributed by atoms with E-state index in [1.54, 1.807) is 49.4 Å². The third-order valence-electron chi connectivity index (χ3n) is 6.76. The van der Waals surface area contributed by atoms with E-state index in [-0.39, 0.29) is 24.9 Å². The van der Waals surface area contributed by atoms with Gasteiger partial charge in [-0.3, -0.25) is 13.9 Å². The highest BCUT2D eigenvalue weighted by Gasteiger charge is 2.34. The van der Waals surface area contributed by atoms with Crippen LogP contribution in [0, 0.1) is 6.92 Å². The van der Waals surface area contributed by atoms with Gasteiger partial charge in [-0.25, -0.2) is 8.42 Å². The summed E-state index contributed by atoms with van der Waals surface area (Å²) in [6.07, 6.45) is 1.97. The van der Waals surface area contributed by atoms with Crippen LogP contribution >= 0.6 is 23.2 Å². The number of rotatable bonds is 12. The lowest BCUT2D eigenvalue weighted by Crippen LogP contribution is -2.54. The molecule has 0 fully saturated rings. The topological polar surface area (TPSA) is 86.8 Å². The third-order valence-corrected chi connectivity index (χ3v) is 8.66. The lowest BCUT2D eigenvalue weighted by Gasteiger charge is -2.34. The Labute approximate surface area is 247 Å². The molecule has 2 amide bonds. The van der Waals surface area contributed by atoms with Gasteiger partial charge in [-0.05, 0) is 55.2 Å². The zero-order valence-electron chi connectivity index (χ0n) is 23.1. The minimum Gasteiger partial charge on any atom is -0.352 e. The largest absolute Gasteiger partial charge is 0.352 e. The average molecular weight is 605 g/mol. The fourth-order valence-corrected chi connectivity index (χ4v) is 5.53. The van der Waals surface area contributed by atoms with Crippen molar-refractivity contribution in [2.45, 2.75) is 52.2 Å². The summed E-state index contributed by atoms with van der Waals surface area (Å²) >= 11 is 12.8. The molecule has 3 aromatic carbocycles. The molecule has 1 N–H and O–H groups in total. The molecule has 2 atom stereocenters. The summed E-state index contributed by atoms with van der Waals surface area (Å²) < 4.78 is 26.9. The maximum atomic E-state index is 14.1. The van der Waals surface area contributed by atoms with Crippen LogP contribution in [-0.2, 0) is 32.6 Å². The number of hydrogen-bond donors (Lipinski definition) is 1. The molecule has 0 aliphatic rings. The summed E-state index contributed by atoms with van der Waals surface area (Å²) in [7, 11) is -3.89. The van der Waals surface area contributed by atoms with Crippen molar-refractivity contribution in [2.24, 2.45) is 0 Å². The first kappa shape index (κ1) is 31.5. The number of carbonyl (C=O) groups is 2. The maximum Gasteiger partial charge on any atom is 0.244 e. The number of sulfonamides is 1. The molecule has 0 unspecified atom stereocenters. The van der Waals surface area contributed by atoms with Gasteiger partial charge in [0.15, 0.2) is 0 Å². The molecule has 0 bridgehead atoms. The van der Waals surface area contributed by atoms with E-state index in [0.717, 1.165) is 16.1 Å². The van der Waals surface area contributed by atoms with Crippen LogP contribution in [0.5, 0.6) is 0 Å². The van der Waals surface area contributed by atoms with Crippen molar-refractivity contribution in [3.63, 3.8) is 0 Å². The fourth-order valence-electron chi connectivity index (χ4n) is 4.27. The molecule has 10 heteroatoms. The number of nitrogens with zero attached hydrogens (tertiary/aromatic N) is 2. The van der Waals surface area contributed by atoms with Crippen molar-refractivity contribution in [3.8, 4) is 0 Å². The molecular formula is C30H35Cl2N3O4S. The van der Waals surface area contributed by atoms with Crippen LogP contribution < -0.4 is 9.62 Å². The smallest absolute Gasteiger partial charge is 0.244 e. The van der Waals surface area contributed by atoms with Crippen LogP contribution in [0.3, 0.4) is 0 Å². The van der Waals surface area contributed by atoms with E-state index in [0.29, 0.717) is 33.3 Å². The molecule has 3 rings (SSSR count). The number of benzene rings is 3. The fraction of sp³-hybridized carbons (Fsp3) is 0.333.